The van der Waals surface area contributed by atoms with Crippen LogP contribution >= 0.6 is 11.3 Å². The lowest BCUT2D eigenvalue weighted by atomic mass is 9.95. The van der Waals surface area contributed by atoms with Crippen molar-refractivity contribution in [1.82, 2.24) is 4.98 Å². The van der Waals surface area contributed by atoms with E-state index < -0.39 is 20.9 Å². The average molecular weight is 468 g/mol. The van der Waals surface area contributed by atoms with Gasteiger partial charge in [0.05, 0.1) is 22.4 Å². The van der Waals surface area contributed by atoms with Crippen molar-refractivity contribution in [2.75, 3.05) is 5.32 Å². The molecule has 31 heavy (non-hydrogen) atoms. The number of sulfone groups is 1. The molecule has 0 bridgehead atoms. The molecule has 11 heteroatoms. The molecule has 1 aromatic carbocycles. The lowest BCUT2D eigenvalue weighted by Gasteiger charge is -2.23. The third-order valence-corrected chi connectivity index (χ3v) is 8.25. The van der Waals surface area contributed by atoms with E-state index in [2.05, 4.69) is 15.5 Å². The number of aromatic nitrogens is 1. The van der Waals surface area contributed by atoms with Crippen LogP contribution in [-0.2, 0) is 19.5 Å². The summed E-state index contributed by atoms with van der Waals surface area (Å²) in [6.07, 6.45) is 4.12. The highest BCUT2D eigenvalue weighted by atomic mass is 32.2. The quantitative estimate of drug-likeness (QED) is 0.478. The number of oxime groups is 1. The van der Waals surface area contributed by atoms with E-state index in [0.29, 0.717) is 55.4 Å². The zero-order valence-corrected chi connectivity index (χ0v) is 18.2. The summed E-state index contributed by atoms with van der Waals surface area (Å²) < 4.78 is 38.1. The Morgan fingerprint density at radius 2 is 1.84 bits per heavy atom. The van der Waals surface area contributed by atoms with Gasteiger partial charge in [0, 0.05) is 5.56 Å². The number of thiazole rings is 1. The molecule has 0 saturated heterocycles. The largest absolute Gasteiger partial charge is 0.393 e. The maximum absolute atomic E-state index is 13.2. The summed E-state index contributed by atoms with van der Waals surface area (Å²) in [6, 6.07) is 5.91. The lowest BCUT2D eigenvalue weighted by Crippen LogP contribution is -2.27. The van der Waals surface area contributed by atoms with Crippen LogP contribution in [0, 0.1) is 5.13 Å². The smallest absolute Gasteiger partial charge is 0.280 e. The average Bonchev–Trinajstić information content (AvgIpc) is 3.54. The second-order valence-corrected chi connectivity index (χ2v) is 10.9. The molecule has 166 valence electrons. The number of nitrogens with one attached hydrogen (secondary N) is 1. The molecular formula is C20H22FN3O5S2. The molecule has 0 aliphatic heterocycles. The normalized spacial score (nSPS) is 22.2. The number of hydrogen-bond donors (Lipinski definition) is 2. The lowest BCUT2D eigenvalue weighted by molar-refractivity contribution is -0.110. The second kappa shape index (κ2) is 9.01. The van der Waals surface area contributed by atoms with Gasteiger partial charge in [-0.1, -0.05) is 28.6 Å². The van der Waals surface area contributed by atoms with Crippen molar-refractivity contribution in [2.45, 2.75) is 60.9 Å². The first-order valence-corrected chi connectivity index (χ1v) is 12.4. The standard InChI is InChI=1S/C20H22FN3O5S2/c21-17-11-22-20(30-17)23-19(26)18(24-29-14-5-3-13(25)4-6-14)12-1-7-15(8-2-12)31(27,28)16-9-10-16/h1-2,7-8,11,13-14,16,25H,3-6,9-10H2,(H,22,23,26)/b24-18+. The van der Waals surface area contributed by atoms with Crippen LogP contribution in [0.5, 0.6) is 0 Å². The van der Waals surface area contributed by atoms with Gasteiger partial charge in [-0.2, -0.15) is 4.39 Å². The molecule has 0 unspecified atom stereocenters. The topological polar surface area (TPSA) is 118 Å². The van der Waals surface area contributed by atoms with Crippen molar-refractivity contribution in [3.05, 3.63) is 41.2 Å². The second-order valence-electron chi connectivity index (χ2n) is 7.67. The number of aliphatic hydroxyl groups is 1. The van der Waals surface area contributed by atoms with Crippen LogP contribution in [0.2, 0.25) is 0 Å². The number of hydrogen-bond acceptors (Lipinski definition) is 8. The molecule has 2 aliphatic carbocycles. The van der Waals surface area contributed by atoms with Crippen LogP contribution in [-0.4, -0.2) is 47.6 Å². The van der Waals surface area contributed by atoms with Crippen LogP contribution in [0.15, 0.2) is 40.5 Å². The zero-order valence-electron chi connectivity index (χ0n) is 16.5. The van der Waals surface area contributed by atoms with Gasteiger partial charge in [-0.25, -0.2) is 13.4 Å². The number of carbonyl (C=O) groups is 1. The summed E-state index contributed by atoms with van der Waals surface area (Å²) in [6.45, 7) is 0. The monoisotopic (exact) mass is 467 g/mol. The highest BCUT2D eigenvalue weighted by Crippen LogP contribution is 2.33. The predicted octanol–water partition coefficient (Wildman–Crippen LogP) is 2.88. The number of carbonyl (C=O) groups excluding carboxylic acids is 1. The third kappa shape index (κ3) is 5.28. The fraction of sp³-hybridized carbons (Fsp3) is 0.450. The molecule has 1 heterocycles. The Hall–Kier alpha value is -2.37. The van der Waals surface area contributed by atoms with Crippen LogP contribution in [0.25, 0.3) is 0 Å². The van der Waals surface area contributed by atoms with Gasteiger partial charge in [0.15, 0.2) is 25.8 Å². The van der Waals surface area contributed by atoms with Gasteiger partial charge >= 0.3 is 0 Å². The Kier molecular flexibility index (Phi) is 6.35. The van der Waals surface area contributed by atoms with E-state index in [1.54, 1.807) is 0 Å². The van der Waals surface area contributed by atoms with Crippen molar-refractivity contribution in [3.63, 3.8) is 0 Å². The molecular weight excluding hydrogens is 445 g/mol. The molecule has 1 amide bonds. The summed E-state index contributed by atoms with van der Waals surface area (Å²) >= 11 is 0.678. The van der Waals surface area contributed by atoms with Gasteiger partial charge in [0.1, 0.15) is 6.10 Å². The highest BCUT2D eigenvalue weighted by molar-refractivity contribution is 7.92. The van der Waals surface area contributed by atoms with Crippen LogP contribution in [0.3, 0.4) is 0 Å². The summed E-state index contributed by atoms with van der Waals surface area (Å²) in [5.41, 5.74) is 0.289. The molecule has 8 nitrogen and oxygen atoms in total. The van der Waals surface area contributed by atoms with Crippen molar-refractivity contribution >= 4 is 37.9 Å². The van der Waals surface area contributed by atoms with E-state index in [-0.39, 0.29) is 33.2 Å². The number of amides is 1. The van der Waals surface area contributed by atoms with E-state index in [0.717, 1.165) is 6.20 Å². The molecule has 0 atom stereocenters. The number of anilines is 1. The summed E-state index contributed by atoms with van der Waals surface area (Å²) in [5, 5.41) is 15.4. The van der Waals surface area contributed by atoms with Gasteiger partial charge < -0.3 is 9.94 Å². The van der Waals surface area contributed by atoms with Gasteiger partial charge in [-0.05, 0) is 50.7 Å². The molecule has 2 saturated carbocycles. The summed E-state index contributed by atoms with van der Waals surface area (Å²) in [4.78, 5) is 22.3. The molecule has 0 radical (unpaired) electrons. The number of nitrogens with zero attached hydrogens (tertiary/aromatic N) is 2. The Bertz CT molecular complexity index is 1070. The summed E-state index contributed by atoms with van der Waals surface area (Å²) in [5.74, 6) is -0.650. The minimum absolute atomic E-state index is 0.0721. The minimum atomic E-state index is -3.35. The molecule has 0 spiro atoms. The van der Waals surface area contributed by atoms with Crippen LogP contribution in [0.4, 0.5) is 9.52 Å². The number of rotatable bonds is 7. The SMILES string of the molecule is O=C(Nc1ncc(F)s1)/C(=N/OC1CCC(O)CC1)c1ccc(S(=O)(=O)C2CC2)cc1. The van der Waals surface area contributed by atoms with E-state index in [1.807, 2.05) is 0 Å². The van der Waals surface area contributed by atoms with Crippen molar-refractivity contribution in [1.29, 1.82) is 0 Å². The van der Waals surface area contributed by atoms with E-state index in [9.17, 15) is 22.7 Å². The summed E-state index contributed by atoms with van der Waals surface area (Å²) in [7, 11) is -3.35. The van der Waals surface area contributed by atoms with E-state index in [4.69, 9.17) is 4.84 Å². The number of halogens is 1. The molecule has 4 rings (SSSR count). The molecule has 1 aromatic heterocycles. The molecule has 2 aliphatic rings. The maximum Gasteiger partial charge on any atom is 0.280 e. The zero-order chi connectivity index (χ0) is 22.0. The minimum Gasteiger partial charge on any atom is -0.393 e. The molecule has 2 aromatic rings. The first-order valence-electron chi connectivity index (χ1n) is 10.0. The Labute approximate surface area is 183 Å². The fourth-order valence-electron chi connectivity index (χ4n) is 3.34. The van der Waals surface area contributed by atoms with E-state index in [1.165, 1.54) is 24.3 Å². The van der Waals surface area contributed by atoms with Gasteiger partial charge in [-0.15, -0.1) is 0 Å². The Balaban J connectivity index is 1.56. The van der Waals surface area contributed by atoms with Crippen molar-refractivity contribution < 1.29 is 27.5 Å². The molecule has 2 fully saturated rings. The van der Waals surface area contributed by atoms with Crippen LogP contribution in [0.1, 0.15) is 44.1 Å². The van der Waals surface area contributed by atoms with Crippen LogP contribution < -0.4 is 5.32 Å². The predicted molar refractivity (Wildman–Crippen MR) is 113 cm³/mol. The first-order chi connectivity index (χ1) is 14.8. The van der Waals surface area contributed by atoms with Crippen molar-refractivity contribution in [2.24, 2.45) is 5.16 Å². The fourth-order valence-corrected chi connectivity index (χ4v) is 5.54. The first kappa shape index (κ1) is 21.8. The number of benzene rings is 1. The third-order valence-electron chi connectivity index (χ3n) is 5.27. The van der Waals surface area contributed by atoms with E-state index >= 15 is 0 Å². The maximum atomic E-state index is 13.2. The molecule has 2 N–H and O–H groups in total. The Morgan fingerprint density at radius 1 is 1.16 bits per heavy atom. The van der Waals surface area contributed by atoms with Gasteiger partial charge in [0.2, 0.25) is 0 Å². The van der Waals surface area contributed by atoms with Gasteiger partial charge in [-0.3, -0.25) is 10.1 Å². The van der Waals surface area contributed by atoms with Gasteiger partial charge in [0.25, 0.3) is 5.91 Å². The highest BCUT2D eigenvalue weighted by Gasteiger charge is 2.36. The number of aliphatic hydroxyl groups excluding tert-OH is 1. The Morgan fingerprint density at radius 3 is 2.42 bits per heavy atom. The van der Waals surface area contributed by atoms with Crippen molar-refractivity contribution in [3.8, 4) is 0 Å².